The van der Waals surface area contributed by atoms with Gasteiger partial charge in [-0.3, -0.25) is 19.8 Å². The Morgan fingerprint density at radius 2 is 2.19 bits per heavy atom. The highest BCUT2D eigenvalue weighted by Crippen LogP contribution is 2.50. The van der Waals surface area contributed by atoms with E-state index in [9.17, 15) is 20.2 Å². The van der Waals surface area contributed by atoms with Crippen LogP contribution >= 0.6 is 34.7 Å². The van der Waals surface area contributed by atoms with Crippen molar-refractivity contribution in [1.29, 1.82) is 5.26 Å². The third-order valence-electron chi connectivity index (χ3n) is 5.51. The van der Waals surface area contributed by atoms with Gasteiger partial charge in [0.05, 0.1) is 22.5 Å². The zero-order valence-electron chi connectivity index (χ0n) is 17.1. The molecule has 0 spiro atoms. The molecule has 0 saturated carbocycles. The Balaban J connectivity index is 2.00. The second-order valence-electron chi connectivity index (χ2n) is 7.29. The first-order valence-corrected chi connectivity index (χ1v) is 12.2. The van der Waals surface area contributed by atoms with Crippen LogP contribution in [-0.4, -0.2) is 16.5 Å². The maximum atomic E-state index is 13.2. The van der Waals surface area contributed by atoms with Crippen molar-refractivity contribution < 1.29 is 9.72 Å². The molecule has 7 nitrogen and oxygen atoms in total. The number of allylic oxidation sites excluding steroid dienone is 3. The number of rotatable bonds is 5. The number of Topliss-reactive ketones (excluding diaryl/α,β-unsaturated/α-hetero) is 1. The zero-order chi connectivity index (χ0) is 23.0. The third kappa shape index (κ3) is 3.68. The topological polar surface area (TPSA) is 113 Å². The smallest absolute Gasteiger partial charge is 0.294 e. The molecule has 1 aromatic heterocycles. The average Bonchev–Trinajstić information content (AvgIpc) is 3.21. The molecule has 164 valence electrons. The number of benzene rings is 1. The number of nitro groups is 1. The number of nitriles is 1. The van der Waals surface area contributed by atoms with E-state index in [1.165, 1.54) is 34.4 Å². The Kier molecular flexibility index (Phi) is 6.29. The minimum atomic E-state index is -0.570. The van der Waals surface area contributed by atoms with Gasteiger partial charge >= 0.3 is 0 Å². The predicted molar refractivity (Wildman–Crippen MR) is 127 cm³/mol. The van der Waals surface area contributed by atoms with Gasteiger partial charge in [-0.15, -0.1) is 23.1 Å². The fourth-order valence-corrected chi connectivity index (χ4v) is 6.47. The lowest BCUT2D eigenvalue weighted by molar-refractivity contribution is -0.384. The van der Waals surface area contributed by atoms with Crippen LogP contribution < -0.4 is 10.6 Å². The summed E-state index contributed by atoms with van der Waals surface area (Å²) in [5.41, 5.74) is 7.83. The first kappa shape index (κ1) is 22.4. The average molecular weight is 487 g/mol. The molecule has 1 aromatic carbocycles. The zero-order valence-corrected chi connectivity index (χ0v) is 19.5. The van der Waals surface area contributed by atoms with E-state index in [0.29, 0.717) is 30.5 Å². The van der Waals surface area contributed by atoms with E-state index in [1.807, 2.05) is 18.4 Å². The Morgan fingerprint density at radius 3 is 2.88 bits per heavy atom. The number of thiophene rings is 1. The molecule has 0 saturated heterocycles. The number of nitro benzene ring substituents is 1. The van der Waals surface area contributed by atoms with E-state index < -0.39 is 10.8 Å². The van der Waals surface area contributed by atoms with Gasteiger partial charge in [-0.1, -0.05) is 18.5 Å². The molecule has 0 amide bonds. The van der Waals surface area contributed by atoms with E-state index in [2.05, 4.69) is 6.07 Å². The fourth-order valence-electron chi connectivity index (χ4n) is 4.25. The standard InChI is InChI=1S/C22H19ClN4O3S2/c1-2-31-18-8-9-32-21(18)19-13(11-24)22(25)26(15-4-3-5-17(28)20(15)19)14-7-6-12(23)10-16(14)27(29)30/h6-10,19H,2-5,25H2,1H3/t19-/m1/s1. The molecule has 1 aliphatic heterocycles. The monoisotopic (exact) mass is 486 g/mol. The summed E-state index contributed by atoms with van der Waals surface area (Å²) in [7, 11) is 0. The summed E-state index contributed by atoms with van der Waals surface area (Å²) in [6.07, 6.45) is 1.50. The van der Waals surface area contributed by atoms with E-state index in [-0.39, 0.29) is 33.6 Å². The number of thioether (sulfide) groups is 1. The molecule has 2 N–H and O–H groups in total. The van der Waals surface area contributed by atoms with Gasteiger partial charge < -0.3 is 5.73 Å². The molecular weight excluding hydrogens is 468 g/mol. The van der Waals surface area contributed by atoms with Gasteiger partial charge in [-0.05, 0) is 42.2 Å². The van der Waals surface area contributed by atoms with Gasteiger partial charge in [0.15, 0.2) is 5.78 Å². The number of hydrogen-bond acceptors (Lipinski definition) is 8. The van der Waals surface area contributed by atoms with Crippen LogP contribution in [0.25, 0.3) is 0 Å². The summed E-state index contributed by atoms with van der Waals surface area (Å²) < 4.78 is 0. The summed E-state index contributed by atoms with van der Waals surface area (Å²) in [6, 6.07) is 8.49. The molecule has 10 heteroatoms. The predicted octanol–water partition coefficient (Wildman–Crippen LogP) is 5.73. The maximum Gasteiger partial charge on any atom is 0.294 e. The SMILES string of the molecule is CCSc1ccsc1[C@@H]1C(C#N)=C(N)N(c2ccc(Cl)cc2[N+](=O)[O-])C2=C1C(=O)CCC2. The summed E-state index contributed by atoms with van der Waals surface area (Å²) in [5, 5.41) is 24.1. The lowest BCUT2D eigenvalue weighted by Gasteiger charge is -2.39. The van der Waals surface area contributed by atoms with E-state index in [1.54, 1.807) is 11.8 Å². The van der Waals surface area contributed by atoms with Gasteiger partial charge in [-0.2, -0.15) is 5.26 Å². The Labute approximate surface area is 198 Å². The number of nitrogens with two attached hydrogens (primary N) is 1. The molecule has 2 heterocycles. The molecule has 1 atom stereocenters. The van der Waals surface area contributed by atoms with Gasteiger partial charge in [-0.25, -0.2) is 0 Å². The first-order chi connectivity index (χ1) is 15.4. The van der Waals surface area contributed by atoms with Crippen LogP contribution in [0.15, 0.2) is 57.2 Å². The highest BCUT2D eigenvalue weighted by Gasteiger charge is 2.42. The highest BCUT2D eigenvalue weighted by atomic mass is 35.5. The van der Waals surface area contributed by atoms with Crippen molar-refractivity contribution in [3.63, 3.8) is 0 Å². The molecule has 0 bridgehead atoms. The third-order valence-corrected chi connectivity index (χ3v) is 7.81. The summed E-state index contributed by atoms with van der Waals surface area (Å²) >= 11 is 9.14. The maximum absolute atomic E-state index is 13.2. The van der Waals surface area contributed by atoms with Crippen LogP contribution in [0, 0.1) is 21.4 Å². The number of carbonyl (C=O) groups is 1. The number of nitrogens with zero attached hydrogens (tertiary/aromatic N) is 3. The molecule has 32 heavy (non-hydrogen) atoms. The summed E-state index contributed by atoms with van der Waals surface area (Å²) in [5.74, 6) is 0.330. The lowest BCUT2D eigenvalue weighted by Crippen LogP contribution is -2.39. The van der Waals surface area contributed by atoms with Gasteiger partial charge in [0, 0.05) is 38.6 Å². The molecule has 4 rings (SSSR count). The van der Waals surface area contributed by atoms with Crippen LogP contribution in [-0.2, 0) is 4.79 Å². The molecule has 1 aliphatic carbocycles. The fraction of sp³-hybridized carbons (Fsp3) is 0.273. The number of anilines is 1. The molecule has 0 fully saturated rings. The first-order valence-electron chi connectivity index (χ1n) is 9.99. The lowest BCUT2D eigenvalue weighted by atomic mass is 9.78. The number of ketones is 1. The molecule has 0 unspecified atom stereocenters. The van der Waals surface area contributed by atoms with Crippen molar-refractivity contribution in [1.82, 2.24) is 0 Å². The van der Waals surface area contributed by atoms with Crippen LogP contribution in [0.4, 0.5) is 11.4 Å². The molecule has 2 aliphatic rings. The van der Waals surface area contributed by atoms with Crippen LogP contribution in [0.5, 0.6) is 0 Å². The van der Waals surface area contributed by atoms with Gasteiger partial charge in [0.25, 0.3) is 5.69 Å². The Bertz CT molecular complexity index is 1230. The van der Waals surface area contributed by atoms with E-state index in [0.717, 1.165) is 15.5 Å². The van der Waals surface area contributed by atoms with Crippen LogP contribution in [0.3, 0.4) is 0 Å². The Morgan fingerprint density at radius 1 is 1.41 bits per heavy atom. The van der Waals surface area contributed by atoms with Crippen molar-refractivity contribution in [2.75, 3.05) is 10.7 Å². The highest BCUT2D eigenvalue weighted by molar-refractivity contribution is 7.99. The van der Waals surface area contributed by atoms with Crippen molar-refractivity contribution in [3.8, 4) is 6.07 Å². The Hall–Kier alpha value is -2.80. The van der Waals surface area contributed by atoms with Crippen molar-refractivity contribution >= 4 is 51.9 Å². The molecular formula is C22H19ClN4O3S2. The molecule has 0 radical (unpaired) electrons. The minimum absolute atomic E-state index is 0.0565. The van der Waals surface area contributed by atoms with Crippen LogP contribution in [0.2, 0.25) is 5.02 Å². The van der Waals surface area contributed by atoms with Crippen molar-refractivity contribution in [3.05, 3.63) is 72.3 Å². The molecule has 2 aromatic rings. The van der Waals surface area contributed by atoms with Gasteiger partial charge in [0.2, 0.25) is 0 Å². The second-order valence-corrected chi connectivity index (χ2v) is 9.98. The summed E-state index contributed by atoms with van der Waals surface area (Å²) in [4.78, 5) is 27.9. The largest absolute Gasteiger partial charge is 0.384 e. The van der Waals surface area contributed by atoms with Crippen molar-refractivity contribution in [2.24, 2.45) is 5.73 Å². The number of carbonyl (C=O) groups excluding carboxylic acids is 1. The quantitative estimate of drug-likeness (QED) is 0.326. The van der Waals surface area contributed by atoms with E-state index >= 15 is 0 Å². The van der Waals surface area contributed by atoms with Crippen LogP contribution in [0.1, 0.15) is 37.0 Å². The van der Waals surface area contributed by atoms with Crippen molar-refractivity contribution in [2.45, 2.75) is 37.0 Å². The number of hydrogen-bond donors (Lipinski definition) is 1. The summed E-state index contributed by atoms with van der Waals surface area (Å²) in [6.45, 7) is 2.04. The number of halogens is 1. The van der Waals surface area contributed by atoms with Gasteiger partial charge in [0.1, 0.15) is 11.5 Å². The second kappa shape index (κ2) is 8.98. The van der Waals surface area contributed by atoms with E-state index in [4.69, 9.17) is 17.3 Å². The normalized spacial score (nSPS) is 18.6. The minimum Gasteiger partial charge on any atom is -0.384 e.